The second-order valence-electron chi connectivity index (χ2n) is 7.05. The number of oxime groups is 1. The third-order valence-electron chi connectivity index (χ3n) is 4.22. The summed E-state index contributed by atoms with van der Waals surface area (Å²) in [6.45, 7) is 3.86. The number of nitrogens with zero attached hydrogens (tertiary/aromatic N) is 1. The highest BCUT2D eigenvalue weighted by molar-refractivity contribution is 6.02. The van der Waals surface area contributed by atoms with Crippen molar-refractivity contribution in [3.8, 4) is 0 Å². The minimum absolute atomic E-state index is 0.186. The molecule has 0 radical (unpaired) electrons. The normalized spacial score (nSPS) is 19.5. The van der Waals surface area contributed by atoms with Crippen LogP contribution < -0.4 is 0 Å². The molecule has 0 saturated carbocycles. The number of unbranched alkanes of at least 4 members (excludes halogenated alkanes) is 3. The molecule has 0 heterocycles. The minimum Gasteiger partial charge on any atom is -0.478 e. The van der Waals surface area contributed by atoms with Crippen LogP contribution in [0.15, 0.2) is 16.8 Å². The van der Waals surface area contributed by atoms with E-state index in [1.54, 1.807) is 6.08 Å². The number of methoxy groups -OCH3 is 1. The van der Waals surface area contributed by atoms with Gasteiger partial charge >= 0.3 is 11.9 Å². The lowest BCUT2D eigenvalue weighted by molar-refractivity contribution is -0.151. The summed E-state index contributed by atoms with van der Waals surface area (Å²) < 4.78 is 4.60. The van der Waals surface area contributed by atoms with Crippen LogP contribution in [0.3, 0.4) is 0 Å². The second-order valence-corrected chi connectivity index (χ2v) is 7.05. The van der Waals surface area contributed by atoms with Crippen molar-refractivity contribution in [2.45, 2.75) is 77.4 Å². The standard InChI is InChI=1S/C19H31NO6/c1-13(2)10-17(19(23)24)26-20-16-12-15(21)11-14(16)8-6-4-5-7-9-18(22)25-3/h11,13,15,17,21H,4-10,12H2,1-3H3,(H,23,24)/t15-,17?/m1/s1. The van der Waals surface area contributed by atoms with E-state index in [4.69, 9.17) is 4.84 Å². The number of carbonyl (C=O) groups excluding carboxylic acids is 1. The summed E-state index contributed by atoms with van der Waals surface area (Å²) in [6, 6.07) is 0. The number of carboxylic acids is 1. The molecule has 0 aromatic carbocycles. The summed E-state index contributed by atoms with van der Waals surface area (Å²) in [5.41, 5.74) is 1.54. The number of allylic oxidation sites excluding steroid dienone is 1. The fraction of sp³-hybridized carbons (Fsp3) is 0.737. The highest BCUT2D eigenvalue weighted by Crippen LogP contribution is 2.23. The van der Waals surface area contributed by atoms with Gasteiger partial charge in [0.2, 0.25) is 6.10 Å². The third kappa shape index (κ3) is 8.47. The average molecular weight is 369 g/mol. The van der Waals surface area contributed by atoms with E-state index in [-0.39, 0.29) is 11.9 Å². The largest absolute Gasteiger partial charge is 0.478 e. The summed E-state index contributed by atoms with van der Waals surface area (Å²) in [4.78, 5) is 27.5. The molecule has 1 unspecified atom stereocenters. The van der Waals surface area contributed by atoms with Crippen molar-refractivity contribution >= 4 is 17.7 Å². The zero-order valence-corrected chi connectivity index (χ0v) is 15.9. The van der Waals surface area contributed by atoms with Gasteiger partial charge in [-0.1, -0.05) is 37.9 Å². The molecule has 7 heteroatoms. The number of hydrogen-bond donors (Lipinski definition) is 2. The molecule has 1 rings (SSSR count). The van der Waals surface area contributed by atoms with Crippen LogP contribution in [0.4, 0.5) is 0 Å². The molecule has 7 nitrogen and oxygen atoms in total. The first-order valence-corrected chi connectivity index (χ1v) is 9.25. The lowest BCUT2D eigenvalue weighted by Crippen LogP contribution is -2.24. The Morgan fingerprint density at radius 2 is 1.96 bits per heavy atom. The van der Waals surface area contributed by atoms with Gasteiger partial charge in [0.15, 0.2) is 0 Å². The van der Waals surface area contributed by atoms with Gasteiger partial charge in [-0.05, 0) is 30.8 Å². The van der Waals surface area contributed by atoms with Crippen LogP contribution >= 0.6 is 0 Å². The van der Waals surface area contributed by atoms with Gasteiger partial charge in [0, 0.05) is 19.3 Å². The SMILES string of the molecule is COC(=O)CCCCCCC1=C[C@@H](O)CC1=NOC(CC(C)C)C(=O)O. The van der Waals surface area contributed by atoms with E-state index in [1.165, 1.54) is 7.11 Å². The number of aliphatic hydroxyl groups is 1. The van der Waals surface area contributed by atoms with Crippen molar-refractivity contribution in [1.29, 1.82) is 0 Å². The molecule has 0 fully saturated rings. The lowest BCUT2D eigenvalue weighted by Gasteiger charge is -2.13. The Kier molecular flexibility index (Phi) is 9.95. The predicted octanol–water partition coefficient (Wildman–Crippen LogP) is 3.06. The number of hydrogen-bond acceptors (Lipinski definition) is 6. The molecule has 2 atom stereocenters. The van der Waals surface area contributed by atoms with Crippen LogP contribution in [0, 0.1) is 5.92 Å². The first kappa shape index (κ1) is 22.2. The smallest absolute Gasteiger partial charge is 0.347 e. The molecule has 1 aliphatic carbocycles. The van der Waals surface area contributed by atoms with Gasteiger partial charge in [0.25, 0.3) is 0 Å². The molecule has 0 spiro atoms. The number of esters is 1. The van der Waals surface area contributed by atoms with E-state index < -0.39 is 18.2 Å². The summed E-state index contributed by atoms with van der Waals surface area (Å²) in [6.07, 6.45) is 5.71. The number of aliphatic carboxylic acids is 1. The Morgan fingerprint density at radius 1 is 1.27 bits per heavy atom. The van der Waals surface area contributed by atoms with Gasteiger partial charge in [0.1, 0.15) is 0 Å². The summed E-state index contributed by atoms with van der Waals surface area (Å²) in [5.74, 6) is -1.03. The van der Waals surface area contributed by atoms with Gasteiger partial charge < -0.3 is 19.8 Å². The molecule has 0 aromatic rings. The fourth-order valence-corrected chi connectivity index (χ4v) is 2.82. The zero-order chi connectivity index (χ0) is 19.5. The molecule has 26 heavy (non-hydrogen) atoms. The molecule has 148 valence electrons. The maximum absolute atomic E-state index is 11.2. The number of rotatable bonds is 12. The molecular formula is C19H31NO6. The highest BCUT2D eigenvalue weighted by Gasteiger charge is 2.24. The monoisotopic (exact) mass is 369 g/mol. The van der Waals surface area contributed by atoms with E-state index in [0.29, 0.717) is 25.0 Å². The maximum Gasteiger partial charge on any atom is 0.347 e. The average Bonchev–Trinajstić information content (AvgIpc) is 2.93. The first-order valence-electron chi connectivity index (χ1n) is 9.25. The minimum atomic E-state index is -1.03. The third-order valence-corrected chi connectivity index (χ3v) is 4.22. The topological polar surface area (TPSA) is 105 Å². The Morgan fingerprint density at radius 3 is 2.58 bits per heavy atom. The van der Waals surface area contributed by atoms with Crippen molar-refractivity contribution in [3.63, 3.8) is 0 Å². The summed E-state index contributed by atoms with van der Waals surface area (Å²) in [7, 11) is 1.39. The number of carboxylic acid groups (broad SMARTS) is 1. The Bertz CT molecular complexity index is 526. The second kappa shape index (κ2) is 11.7. The van der Waals surface area contributed by atoms with Crippen LogP contribution in [0.1, 0.15) is 65.2 Å². The molecule has 0 bridgehead atoms. The van der Waals surface area contributed by atoms with Gasteiger partial charge in [-0.3, -0.25) is 4.79 Å². The van der Waals surface area contributed by atoms with Crippen LogP contribution in [0.25, 0.3) is 0 Å². The van der Waals surface area contributed by atoms with Gasteiger partial charge in [-0.15, -0.1) is 0 Å². The van der Waals surface area contributed by atoms with E-state index in [2.05, 4.69) is 9.89 Å². The van der Waals surface area contributed by atoms with Crippen LogP contribution in [0.2, 0.25) is 0 Å². The zero-order valence-electron chi connectivity index (χ0n) is 15.9. The molecule has 0 saturated heterocycles. The van der Waals surface area contributed by atoms with E-state index in [0.717, 1.165) is 37.7 Å². The van der Waals surface area contributed by atoms with Gasteiger partial charge in [-0.25, -0.2) is 4.79 Å². The summed E-state index contributed by atoms with van der Waals surface area (Å²) in [5, 5.41) is 23.1. The molecule has 1 aliphatic rings. The molecule has 0 aromatic heterocycles. The number of ether oxygens (including phenoxy) is 1. The van der Waals surface area contributed by atoms with E-state index >= 15 is 0 Å². The lowest BCUT2D eigenvalue weighted by atomic mass is 10.0. The number of carbonyl (C=O) groups is 2. The van der Waals surface area contributed by atoms with Gasteiger partial charge in [0.05, 0.1) is 18.9 Å². The maximum atomic E-state index is 11.2. The van der Waals surface area contributed by atoms with Crippen molar-refractivity contribution in [2.75, 3.05) is 7.11 Å². The fourth-order valence-electron chi connectivity index (χ4n) is 2.82. The van der Waals surface area contributed by atoms with Crippen molar-refractivity contribution in [3.05, 3.63) is 11.6 Å². The Labute approximate surface area is 155 Å². The van der Waals surface area contributed by atoms with Crippen molar-refractivity contribution in [1.82, 2.24) is 0 Å². The van der Waals surface area contributed by atoms with Crippen LogP contribution in [-0.2, 0) is 19.2 Å². The Balaban J connectivity index is 2.44. The van der Waals surface area contributed by atoms with Crippen molar-refractivity contribution < 1.29 is 29.4 Å². The quantitative estimate of drug-likeness (QED) is 0.311. The molecule has 0 aliphatic heterocycles. The first-order chi connectivity index (χ1) is 12.3. The van der Waals surface area contributed by atoms with Crippen LogP contribution in [-0.4, -0.2) is 47.2 Å². The van der Waals surface area contributed by atoms with Gasteiger partial charge in [-0.2, -0.15) is 0 Å². The molecular weight excluding hydrogens is 338 g/mol. The highest BCUT2D eigenvalue weighted by atomic mass is 16.6. The molecule has 2 N–H and O–H groups in total. The number of aliphatic hydroxyl groups excluding tert-OH is 1. The molecule has 0 amide bonds. The summed E-state index contributed by atoms with van der Waals surface area (Å²) >= 11 is 0. The van der Waals surface area contributed by atoms with E-state index in [1.807, 2.05) is 13.8 Å². The van der Waals surface area contributed by atoms with Crippen molar-refractivity contribution in [2.24, 2.45) is 11.1 Å². The van der Waals surface area contributed by atoms with E-state index in [9.17, 15) is 19.8 Å². The van der Waals surface area contributed by atoms with Crippen LogP contribution in [0.5, 0.6) is 0 Å². The Hall–Kier alpha value is -1.89. The predicted molar refractivity (Wildman–Crippen MR) is 97.8 cm³/mol.